The van der Waals surface area contributed by atoms with E-state index >= 15 is 0 Å². The number of nitrogens with zero attached hydrogens (tertiary/aromatic N) is 1. The molecule has 0 saturated carbocycles. The molecule has 0 aliphatic carbocycles. The summed E-state index contributed by atoms with van der Waals surface area (Å²) < 4.78 is 501. The molecule has 0 aromatic rings. The Balaban J connectivity index is 0. The van der Waals surface area contributed by atoms with Gasteiger partial charge in [-0.25, -0.2) is 0 Å². The summed E-state index contributed by atoms with van der Waals surface area (Å²) in [7, 11) is -1.43. The highest BCUT2D eigenvalue weighted by Gasteiger charge is 3.03. The van der Waals surface area contributed by atoms with Crippen LogP contribution in [0.4, 0.5) is 162 Å². The lowest BCUT2D eigenvalue weighted by Gasteiger charge is -2.47. The van der Waals surface area contributed by atoms with E-state index in [0.29, 0.717) is 0 Å². The third kappa shape index (κ3) is 6.64. The second kappa shape index (κ2) is 14.3. The monoisotopic (exact) mass is 1100 g/mol. The van der Waals surface area contributed by atoms with Gasteiger partial charge in [-0.2, -0.15) is 154 Å². The van der Waals surface area contributed by atoms with Crippen molar-refractivity contribution in [3.05, 3.63) is 0 Å². The third-order valence-corrected chi connectivity index (χ3v) is 7.49. The average Bonchev–Trinajstić information content (AvgIpc) is 2.98. The molecular weight excluding hydrogens is 1100 g/mol. The summed E-state index contributed by atoms with van der Waals surface area (Å²) in [5, 5.41) is 0. The zero-order valence-corrected chi connectivity index (χ0v) is 29.0. The van der Waals surface area contributed by atoms with Gasteiger partial charge in [0.1, 0.15) is 0 Å². The SMILES string of the molecule is C[N+](C)(C)C(F)(F)C(F)(F)C(F)(F)C(F)(F)C(F)(F)C(F)(F)C(F)(F)C(F)(F)C(F)(F)C(F)(F)C(F)(F)C(F)(F)C(F)(F)C(F)(F)C(F)(F)C(F)(F)C(F)(F)C(F)(F)F.[I-]. The van der Waals surface area contributed by atoms with Crippen LogP contribution in [0.1, 0.15) is 0 Å². The second-order valence-electron chi connectivity index (χ2n) is 12.2. The fourth-order valence-corrected chi connectivity index (χ4v) is 3.55. The summed E-state index contributed by atoms with van der Waals surface area (Å²) >= 11 is 0. The molecule has 0 unspecified atom stereocenters. The van der Waals surface area contributed by atoms with Crippen LogP contribution in [0.5, 0.6) is 0 Å². The van der Waals surface area contributed by atoms with E-state index in [9.17, 15) is 162 Å². The zero-order chi connectivity index (χ0) is 49.5. The highest BCUT2D eigenvalue weighted by molar-refractivity contribution is 5.22. The van der Waals surface area contributed by atoms with Crippen LogP contribution < -0.4 is 24.0 Å². The van der Waals surface area contributed by atoms with E-state index in [-0.39, 0.29) is 24.0 Å². The first-order chi connectivity index (χ1) is 24.5. The smallest absolute Gasteiger partial charge is 0.461 e. The van der Waals surface area contributed by atoms with Crippen LogP contribution in [0.15, 0.2) is 0 Å². The molecule has 364 valence electrons. The lowest BCUT2D eigenvalue weighted by atomic mass is 9.82. The number of alkyl halides is 37. The summed E-state index contributed by atoms with van der Waals surface area (Å²) in [4.78, 5) is 0. The Kier molecular flexibility index (Phi) is 14.3. The van der Waals surface area contributed by atoms with Crippen molar-refractivity contribution < 1.29 is 191 Å². The molecule has 0 saturated heterocycles. The first-order valence-electron chi connectivity index (χ1n) is 12.8. The van der Waals surface area contributed by atoms with Crippen molar-refractivity contribution in [2.24, 2.45) is 0 Å². The van der Waals surface area contributed by atoms with Gasteiger partial charge in [0, 0.05) is 0 Å². The number of hydrogen-bond acceptors (Lipinski definition) is 0. The predicted octanol–water partition coefficient (Wildman–Crippen LogP) is 9.02. The predicted molar refractivity (Wildman–Crippen MR) is 108 cm³/mol. The molecule has 0 spiro atoms. The zero-order valence-electron chi connectivity index (χ0n) is 26.8. The normalized spacial score (nSPS) is 17.2. The van der Waals surface area contributed by atoms with E-state index in [1.54, 1.807) is 0 Å². The molecule has 0 aromatic heterocycles. The van der Waals surface area contributed by atoms with Crippen molar-refractivity contribution >= 4 is 0 Å². The lowest BCUT2D eigenvalue weighted by molar-refractivity contribution is -0.975. The molecule has 1 nitrogen and oxygen atoms in total. The van der Waals surface area contributed by atoms with E-state index in [2.05, 4.69) is 0 Å². The molecule has 0 aromatic carbocycles. The minimum absolute atomic E-state index is 0. The third-order valence-electron chi connectivity index (χ3n) is 7.49. The molecule has 0 N–H and O–H groups in total. The molecule has 0 aliphatic heterocycles. The van der Waals surface area contributed by atoms with Crippen LogP contribution in [0.2, 0.25) is 0 Å². The van der Waals surface area contributed by atoms with E-state index in [4.69, 9.17) is 0 Å². The van der Waals surface area contributed by atoms with Gasteiger partial charge >= 0.3 is 107 Å². The van der Waals surface area contributed by atoms with Gasteiger partial charge in [-0.15, -0.1) is 8.78 Å². The number of rotatable bonds is 17. The molecule has 0 rings (SSSR count). The number of quaternary nitrogens is 1. The fraction of sp³-hybridized carbons (Fsp3) is 1.00. The number of halogens is 38. The lowest BCUT2D eigenvalue weighted by Crippen LogP contribution is -3.00. The minimum Gasteiger partial charge on any atom is -1.00 e. The van der Waals surface area contributed by atoms with E-state index in [1.165, 1.54) is 0 Å². The molecule has 0 fully saturated rings. The van der Waals surface area contributed by atoms with Crippen molar-refractivity contribution in [1.29, 1.82) is 0 Å². The highest BCUT2D eigenvalue weighted by atomic mass is 127. The van der Waals surface area contributed by atoms with Gasteiger partial charge in [-0.1, -0.05) is 0 Å². The second-order valence-corrected chi connectivity index (χ2v) is 12.2. The molecule has 0 bridgehead atoms. The van der Waals surface area contributed by atoms with E-state index in [1.807, 2.05) is 0 Å². The molecule has 0 heterocycles. The van der Waals surface area contributed by atoms with Crippen LogP contribution in [0.25, 0.3) is 0 Å². The standard InChI is InChI=1S/C21H9F37N.HI/c1-59(2,3)21(57,58)19(52,53)17(48,49)15(44,45)13(40,41)11(36,37)9(32,33)7(28,29)5(24,25)4(22,23)6(26,27)8(30,31)10(34,35)12(38,39)14(42,43)16(46,47)18(50,51)20(54,55)56;/h1-3H3;1H/q+1;/p-1. The fourth-order valence-electron chi connectivity index (χ4n) is 3.55. The van der Waals surface area contributed by atoms with Crippen LogP contribution in [0, 0.1) is 0 Å². The summed E-state index contributed by atoms with van der Waals surface area (Å²) in [6, 6.07) is -7.10. The summed E-state index contributed by atoms with van der Waals surface area (Å²) in [5.74, 6) is -158. The Labute approximate surface area is 319 Å². The van der Waals surface area contributed by atoms with Gasteiger partial charge in [0.2, 0.25) is 0 Å². The maximum absolute atomic E-state index is 14.0. The van der Waals surface area contributed by atoms with Crippen molar-refractivity contribution in [2.45, 2.75) is 107 Å². The Hall–Kier alpha value is -1.90. The molecule has 39 heteroatoms. The molecule has 0 amide bonds. The Morgan fingerprint density at radius 3 is 0.383 bits per heavy atom. The number of hydrogen-bond donors (Lipinski definition) is 0. The van der Waals surface area contributed by atoms with Gasteiger partial charge in [0.05, 0.1) is 21.1 Å². The first kappa shape index (κ1) is 60.2. The highest BCUT2D eigenvalue weighted by Crippen LogP contribution is 2.70. The van der Waals surface area contributed by atoms with Crippen molar-refractivity contribution in [3.63, 3.8) is 0 Å². The topological polar surface area (TPSA) is 0 Å². The van der Waals surface area contributed by atoms with Gasteiger partial charge in [0.25, 0.3) is 0 Å². The van der Waals surface area contributed by atoms with Crippen molar-refractivity contribution in [1.82, 2.24) is 0 Å². The van der Waals surface area contributed by atoms with Crippen LogP contribution in [0.3, 0.4) is 0 Å². The summed E-state index contributed by atoms with van der Waals surface area (Å²) in [6.07, 6.45) is -8.46. The van der Waals surface area contributed by atoms with Crippen LogP contribution in [-0.2, 0) is 0 Å². The minimum atomic E-state index is -10.4. The Bertz CT molecular complexity index is 1430. The molecular formula is C21H9F37IN. The Morgan fingerprint density at radius 1 is 0.183 bits per heavy atom. The van der Waals surface area contributed by atoms with E-state index < -0.39 is 133 Å². The van der Waals surface area contributed by atoms with Crippen LogP contribution in [-0.4, -0.2) is 133 Å². The molecule has 60 heavy (non-hydrogen) atoms. The van der Waals surface area contributed by atoms with Crippen molar-refractivity contribution in [3.8, 4) is 0 Å². The quantitative estimate of drug-likeness (QED) is 0.0591. The largest absolute Gasteiger partial charge is 1.00 e. The van der Waals surface area contributed by atoms with Gasteiger partial charge in [-0.3, -0.25) is 4.48 Å². The molecule has 0 aliphatic rings. The van der Waals surface area contributed by atoms with Gasteiger partial charge in [0.15, 0.2) is 0 Å². The van der Waals surface area contributed by atoms with Gasteiger partial charge in [-0.05, 0) is 0 Å². The van der Waals surface area contributed by atoms with Gasteiger partial charge < -0.3 is 24.0 Å². The first-order valence-corrected chi connectivity index (χ1v) is 12.8. The average molecular weight is 1110 g/mol. The maximum atomic E-state index is 14.0. The van der Waals surface area contributed by atoms with Crippen molar-refractivity contribution in [2.75, 3.05) is 21.1 Å². The summed E-state index contributed by atoms with van der Waals surface area (Å²) in [6.45, 7) is 0. The summed E-state index contributed by atoms with van der Waals surface area (Å²) in [5.41, 5.74) is 0. The van der Waals surface area contributed by atoms with Crippen LogP contribution >= 0.6 is 0 Å². The Morgan fingerprint density at radius 2 is 0.283 bits per heavy atom. The molecule has 0 radical (unpaired) electrons. The van der Waals surface area contributed by atoms with E-state index in [0.717, 1.165) is 0 Å². The molecule has 0 atom stereocenters. The maximum Gasteiger partial charge on any atom is 0.461 e.